The van der Waals surface area contributed by atoms with Gasteiger partial charge in [-0.1, -0.05) is 6.42 Å². The first-order chi connectivity index (χ1) is 9.92. The maximum absolute atomic E-state index is 5.95. The molecule has 2 aliphatic rings. The Labute approximate surface area is 121 Å². The Morgan fingerprint density at radius 1 is 1.25 bits per heavy atom. The van der Waals surface area contributed by atoms with Gasteiger partial charge in [-0.3, -0.25) is 9.88 Å². The Bertz CT molecular complexity index is 414. The molecule has 3 rings (SSSR count). The minimum atomic E-state index is 0.726. The molecule has 0 aromatic carbocycles. The molecule has 0 unspecified atom stereocenters. The molecule has 1 saturated carbocycles. The number of rotatable bonds is 7. The molecule has 2 fully saturated rings. The summed E-state index contributed by atoms with van der Waals surface area (Å²) in [7, 11) is 0. The number of hydrogen-bond donors (Lipinski definition) is 1. The third kappa shape index (κ3) is 4.18. The summed E-state index contributed by atoms with van der Waals surface area (Å²) in [4.78, 5) is 6.69. The maximum atomic E-state index is 5.95. The summed E-state index contributed by atoms with van der Waals surface area (Å²) in [6, 6.07) is 2.79. The average molecular weight is 275 g/mol. The molecule has 20 heavy (non-hydrogen) atoms. The Hall–Kier alpha value is -1.13. The van der Waals surface area contributed by atoms with Gasteiger partial charge in [0.15, 0.2) is 0 Å². The van der Waals surface area contributed by atoms with E-state index in [9.17, 15) is 0 Å². The van der Waals surface area contributed by atoms with Crippen LogP contribution in [0.3, 0.4) is 0 Å². The first-order valence-corrected chi connectivity index (χ1v) is 7.93. The van der Waals surface area contributed by atoms with E-state index in [0.29, 0.717) is 0 Å². The summed E-state index contributed by atoms with van der Waals surface area (Å²) in [6.07, 6.45) is 10.4. The molecule has 1 N–H and O–H groups in total. The highest BCUT2D eigenvalue weighted by molar-refractivity contribution is 5.29. The second-order valence-corrected chi connectivity index (χ2v) is 5.89. The van der Waals surface area contributed by atoms with E-state index in [1.807, 2.05) is 12.4 Å². The summed E-state index contributed by atoms with van der Waals surface area (Å²) >= 11 is 0. The zero-order valence-corrected chi connectivity index (χ0v) is 12.2. The van der Waals surface area contributed by atoms with E-state index in [1.165, 1.54) is 50.8 Å². The molecular weight excluding hydrogens is 250 g/mol. The van der Waals surface area contributed by atoms with E-state index in [0.717, 1.165) is 31.5 Å². The van der Waals surface area contributed by atoms with Crippen LogP contribution in [0.5, 0.6) is 5.75 Å². The molecule has 0 spiro atoms. The molecular formula is C16H25N3O. The van der Waals surface area contributed by atoms with Crippen molar-refractivity contribution in [2.75, 3.05) is 26.2 Å². The highest BCUT2D eigenvalue weighted by Gasteiger charge is 2.20. The van der Waals surface area contributed by atoms with Crippen molar-refractivity contribution < 1.29 is 4.74 Å². The lowest BCUT2D eigenvalue weighted by Crippen LogP contribution is -2.33. The van der Waals surface area contributed by atoms with Crippen LogP contribution in [0.15, 0.2) is 18.5 Å². The van der Waals surface area contributed by atoms with Gasteiger partial charge in [0, 0.05) is 30.9 Å². The molecule has 110 valence electrons. The highest BCUT2D eigenvalue weighted by Crippen LogP contribution is 2.22. The fourth-order valence-electron chi connectivity index (χ4n) is 2.69. The van der Waals surface area contributed by atoms with Crippen molar-refractivity contribution in [3.05, 3.63) is 24.0 Å². The van der Waals surface area contributed by atoms with Gasteiger partial charge in [0.05, 0.1) is 6.20 Å². The van der Waals surface area contributed by atoms with Crippen LogP contribution in [0.1, 0.15) is 37.7 Å². The molecule has 0 bridgehead atoms. The number of ether oxygens (including phenoxy) is 1. The molecule has 1 aromatic rings. The molecule has 2 heterocycles. The van der Waals surface area contributed by atoms with Gasteiger partial charge in [0.1, 0.15) is 12.4 Å². The molecule has 1 aromatic heterocycles. The lowest BCUT2D eigenvalue weighted by Gasteiger charge is -2.26. The van der Waals surface area contributed by atoms with Gasteiger partial charge in [-0.25, -0.2) is 0 Å². The van der Waals surface area contributed by atoms with E-state index in [-0.39, 0.29) is 0 Å². The number of nitrogens with zero attached hydrogens (tertiary/aromatic N) is 2. The Kier molecular flexibility index (Phi) is 4.87. The van der Waals surface area contributed by atoms with E-state index in [1.54, 1.807) is 0 Å². The fourth-order valence-corrected chi connectivity index (χ4v) is 2.69. The Morgan fingerprint density at radius 3 is 2.90 bits per heavy atom. The lowest BCUT2D eigenvalue weighted by atomic mass is 10.1. The molecule has 4 nitrogen and oxygen atoms in total. The minimum Gasteiger partial charge on any atom is -0.490 e. The van der Waals surface area contributed by atoms with Gasteiger partial charge in [0.2, 0.25) is 0 Å². The van der Waals surface area contributed by atoms with E-state index in [2.05, 4.69) is 21.3 Å². The number of hydrogen-bond acceptors (Lipinski definition) is 4. The second-order valence-electron chi connectivity index (χ2n) is 5.89. The summed E-state index contributed by atoms with van der Waals surface area (Å²) in [6.45, 7) is 5.15. The topological polar surface area (TPSA) is 37.4 Å². The van der Waals surface area contributed by atoms with Gasteiger partial charge >= 0.3 is 0 Å². The van der Waals surface area contributed by atoms with Gasteiger partial charge in [-0.05, 0) is 44.8 Å². The van der Waals surface area contributed by atoms with Crippen LogP contribution in [-0.4, -0.2) is 42.2 Å². The van der Waals surface area contributed by atoms with Crippen molar-refractivity contribution in [1.29, 1.82) is 0 Å². The lowest BCUT2D eigenvalue weighted by molar-refractivity contribution is 0.182. The van der Waals surface area contributed by atoms with Crippen LogP contribution in [0.2, 0.25) is 0 Å². The van der Waals surface area contributed by atoms with Crippen LogP contribution < -0.4 is 10.1 Å². The first-order valence-electron chi connectivity index (χ1n) is 7.93. The maximum Gasteiger partial charge on any atom is 0.142 e. The number of nitrogens with one attached hydrogen (secondary N) is 1. The Balaban J connectivity index is 1.45. The standard InChI is InChI=1S/C16H25N3O/c1-2-8-19(9-3-1)10-11-20-16-13-17-7-6-14(16)12-18-15-4-5-15/h6-7,13,15,18H,1-5,8-12H2. The summed E-state index contributed by atoms with van der Waals surface area (Å²) < 4.78 is 5.95. The monoisotopic (exact) mass is 275 g/mol. The van der Waals surface area contributed by atoms with Crippen molar-refractivity contribution in [1.82, 2.24) is 15.2 Å². The van der Waals surface area contributed by atoms with Crippen LogP contribution in [0.4, 0.5) is 0 Å². The molecule has 0 radical (unpaired) electrons. The van der Waals surface area contributed by atoms with E-state index < -0.39 is 0 Å². The van der Waals surface area contributed by atoms with Crippen LogP contribution in [0, 0.1) is 0 Å². The summed E-state index contributed by atoms with van der Waals surface area (Å²) in [5.74, 6) is 0.942. The second kappa shape index (κ2) is 7.04. The molecule has 1 aliphatic heterocycles. The molecule has 1 saturated heterocycles. The number of aromatic nitrogens is 1. The van der Waals surface area contributed by atoms with Crippen LogP contribution in [0.25, 0.3) is 0 Å². The van der Waals surface area contributed by atoms with Gasteiger partial charge in [-0.15, -0.1) is 0 Å². The smallest absolute Gasteiger partial charge is 0.142 e. The molecule has 1 aliphatic carbocycles. The number of pyridine rings is 1. The zero-order chi connectivity index (χ0) is 13.6. The largest absolute Gasteiger partial charge is 0.490 e. The van der Waals surface area contributed by atoms with Crippen LogP contribution >= 0.6 is 0 Å². The minimum absolute atomic E-state index is 0.726. The van der Waals surface area contributed by atoms with Crippen molar-refractivity contribution in [3.8, 4) is 5.75 Å². The Morgan fingerprint density at radius 2 is 2.10 bits per heavy atom. The summed E-state index contributed by atoms with van der Waals surface area (Å²) in [5, 5.41) is 3.53. The van der Waals surface area contributed by atoms with Gasteiger partial charge in [-0.2, -0.15) is 0 Å². The quantitative estimate of drug-likeness (QED) is 0.828. The predicted molar refractivity (Wildman–Crippen MR) is 79.9 cm³/mol. The van der Waals surface area contributed by atoms with Crippen molar-refractivity contribution in [3.63, 3.8) is 0 Å². The van der Waals surface area contributed by atoms with Crippen molar-refractivity contribution in [2.24, 2.45) is 0 Å². The fraction of sp³-hybridized carbons (Fsp3) is 0.688. The normalized spacial score (nSPS) is 20.0. The van der Waals surface area contributed by atoms with Gasteiger partial charge < -0.3 is 10.1 Å². The number of likely N-dealkylation sites (tertiary alicyclic amines) is 1. The number of piperidine rings is 1. The third-order valence-electron chi connectivity index (χ3n) is 4.14. The SMILES string of the molecule is c1cc(CNC2CC2)c(OCCN2CCCCC2)cn1. The van der Waals surface area contributed by atoms with Crippen molar-refractivity contribution in [2.45, 2.75) is 44.7 Å². The molecule has 4 heteroatoms. The zero-order valence-electron chi connectivity index (χ0n) is 12.2. The predicted octanol–water partition coefficient (Wildman–Crippen LogP) is 2.20. The van der Waals surface area contributed by atoms with E-state index >= 15 is 0 Å². The first kappa shape index (κ1) is 13.8. The highest BCUT2D eigenvalue weighted by atomic mass is 16.5. The third-order valence-corrected chi connectivity index (χ3v) is 4.14. The molecule has 0 atom stereocenters. The summed E-state index contributed by atoms with van der Waals surface area (Å²) in [5.41, 5.74) is 1.23. The van der Waals surface area contributed by atoms with Crippen LogP contribution in [-0.2, 0) is 6.54 Å². The van der Waals surface area contributed by atoms with Gasteiger partial charge in [0.25, 0.3) is 0 Å². The van der Waals surface area contributed by atoms with Crippen molar-refractivity contribution >= 4 is 0 Å². The molecule has 0 amide bonds. The van der Waals surface area contributed by atoms with E-state index in [4.69, 9.17) is 4.74 Å². The average Bonchev–Trinajstić information content (AvgIpc) is 3.32.